The molecule has 0 fully saturated rings. The molecule has 0 aliphatic rings. The number of aromatic nitrogens is 3. The fourth-order valence-electron chi connectivity index (χ4n) is 2.37. The third kappa shape index (κ3) is 2.23. The Bertz CT molecular complexity index is 933. The van der Waals surface area contributed by atoms with Crippen LogP contribution >= 0.6 is 11.6 Å². The van der Waals surface area contributed by atoms with Crippen molar-refractivity contribution in [1.82, 2.24) is 15.1 Å². The summed E-state index contributed by atoms with van der Waals surface area (Å²) in [7, 11) is 0. The Labute approximate surface area is 131 Å². The van der Waals surface area contributed by atoms with Crippen molar-refractivity contribution in [1.29, 1.82) is 0 Å². The zero-order chi connectivity index (χ0) is 14.9. The van der Waals surface area contributed by atoms with Crippen molar-refractivity contribution in [3.05, 3.63) is 66.1 Å². The number of nitrogens with zero attached hydrogens (tertiary/aromatic N) is 3. The van der Waals surface area contributed by atoms with Gasteiger partial charge >= 0.3 is 0 Å². The molecule has 0 bridgehead atoms. The number of hydrogen-bond acceptors (Lipinski definition) is 4. The van der Waals surface area contributed by atoms with Gasteiger partial charge in [0, 0.05) is 22.3 Å². The van der Waals surface area contributed by atoms with Gasteiger partial charge in [0.05, 0.1) is 11.1 Å². The lowest BCUT2D eigenvalue weighted by molar-refractivity contribution is 0.441. The quantitative estimate of drug-likeness (QED) is 0.543. The van der Waals surface area contributed by atoms with E-state index in [0.29, 0.717) is 5.02 Å². The highest BCUT2D eigenvalue weighted by molar-refractivity contribution is 6.30. The lowest BCUT2D eigenvalue weighted by Crippen LogP contribution is -1.84. The maximum Gasteiger partial charge on any atom is 0.174 e. The molecule has 2 aromatic carbocycles. The summed E-state index contributed by atoms with van der Waals surface area (Å²) >= 11 is 5.94. The monoisotopic (exact) mass is 307 g/mol. The maximum atomic E-state index is 5.94. The SMILES string of the molecule is Clc1ccc(-c2onc3ccc(-c4ccncn4)cc23)cc1. The fourth-order valence-corrected chi connectivity index (χ4v) is 2.50. The first-order chi connectivity index (χ1) is 10.8. The lowest BCUT2D eigenvalue weighted by atomic mass is 10.0. The first kappa shape index (κ1) is 13.0. The van der Waals surface area contributed by atoms with Crippen molar-refractivity contribution < 1.29 is 4.52 Å². The van der Waals surface area contributed by atoms with E-state index >= 15 is 0 Å². The second-order valence-electron chi connectivity index (χ2n) is 4.85. The predicted molar refractivity (Wildman–Crippen MR) is 85.5 cm³/mol. The molecule has 2 aromatic heterocycles. The first-order valence-corrected chi connectivity index (χ1v) is 7.11. The minimum Gasteiger partial charge on any atom is -0.355 e. The highest BCUT2D eigenvalue weighted by Gasteiger charge is 2.12. The van der Waals surface area contributed by atoms with Crippen LogP contribution in [-0.4, -0.2) is 15.1 Å². The first-order valence-electron chi connectivity index (χ1n) is 6.73. The van der Waals surface area contributed by atoms with Crippen molar-refractivity contribution in [2.45, 2.75) is 0 Å². The average Bonchev–Trinajstić information content (AvgIpc) is 2.99. The van der Waals surface area contributed by atoms with Crippen LogP contribution in [0, 0.1) is 0 Å². The van der Waals surface area contributed by atoms with Crippen LogP contribution in [0.15, 0.2) is 65.6 Å². The molecule has 0 unspecified atom stereocenters. The smallest absolute Gasteiger partial charge is 0.174 e. The summed E-state index contributed by atoms with van der Waals surface area (Å²) in [6, 6.07) is 15.3. The van der Waals surface area contributed by atoms with E-state index in [1.807, 2.05) is 48.5 Å². The van der Waals surface area contributed by atoms with Crippen LogP contribution in [0.3, 0.4) is 0 Å². The molecule has 4 nitrogen and oxygen atoms in total. The topological polar surface area (TPSA) is 51.8 Å². The largest absolute Gasteiger partial charge is 0.355 e. The van der Waals surface area contributed by atoms with E-state index in [0.717, 1.165) is 33.5 Å². The van der Waals surface area contributed by atoms with Crippen LogP contribution in [0.2, 0.25) is 5.02 Å². The third-order valence-electron chi connectivity index (χ3n) is 3.46. The van der Waals surface area contributed by atoms with E-state index in [9.17, 15) is 0 Å². The minimum atomic E-state index is 0.689. The number of halogens is 1. The standard InChI is InChI=1S/C17H10ClN3O/c18-13-4-1-11(2-5-13)17-14-9-12(3-6-16(14)21-22-17)15-7-8-19-10-20-15/h1-10H. The second-order valence-corrected chi connectivity index (χ2v) is 5.28. The zero-order valence-electron chi connectivity index (χ0n) is 11.4. The van der Waals surface area contributed by atoms with Gasteiger partial charge in [-0.15, -0.1) is 0 Å². The van der Waals surface area contributed by atoms with Gasteiger partial charge in [0.25, 0.3) is 0 Å². The number of benzene rings is 2. The molecule has 0 aliphatic carbocycles. The molecule has 0 N–H and O–H groups in total. The molecule has 0 amide bonds. The molecule has 0 atom stereocenters. The molecular weight excluding hydrogens is 298 g/mol. The van der Waals surface area contributed by atoms with Gasteiger partial charge in [0.2, 0.25) is 0 Å². The Morgan fingerprint density at radius 1 is 0.909 bits per heavy atom. The van der Waals surface area contributed by atoms with Crippen molar-refractivity contribution >= 4 is 22.5 Å². The van der Waals surface area contributed by atoms with Gasteiger partial charge in [0.15, 0.2) is 5.76 Å². The van der Waals surface area contributed by atoms with E-state index in [1.54, 1.807) is 6.20 Å². The Morgan fingerprint density at radius 2 is 1.73 bits per heavy atom. The highest BCUT2D eigenvalue weighted by Crippen LogP contribution is 2.32. The van der Waals surface area contributed by atoms with Gasteiger partial charge in [-0.1, -0.05) is 22.8 Å². The maximum absolute atomic E-state index is 5.94. The predicted octanol–water partition coefficient (Wildman–Crippen LogP) is 4.61. The molecule has 4 aromatic rings. The Hall–Kier alpha value is -2.72. The van der Waals surface area contributed by atoms with Crippen molar-refractivity contribution in [3.8, 4) is 22.6 Å². The van der Waals surface area contributed by atoms with Gasteiger partial charge in [-0.05, 0) is 42.5 Å². The van der Waals surface area contributed by atoms with E-state index in [4.69, 9.17) is 16.1 Å². The summed E-state index contributed by atoms with van der Waals surface area (Å²) in [6.07, 6.45) is 3.26. The second kappa shape index (κ2) is 5.24. The van der Waals surface area contributed by atoms with Crippen molar-refractivity contribution in [2.75, 3.05) is 0 Å². The molecule has 4 rings (SSSR count). The number of hydrogen-bond donors (Lipinski definition) is 0. The zero-order valence-corrected chi connectivity index (χ0v) is 12.2. The minimum absolute atomic E-state index is 0.689. The summed E-state index contributed by atoms with van der Waals surface area (Å²) < 4.78 is 5.51. The molecule has 0 spiro atoms. The average molecular weight is 308 g/mol. The molecule has 0 saturated carbocycles. The van der Waals surface area contributed by atoms with Crippen LogP contribution in [0.1, 0.15) is 0 Å². The van der Waals surface area contributed by atoms with Gasteiger partial charge in [0.1, 0.15) is 11.8 Å². The molecule has 22 heavy (non-hydrogen) atoms. The van der Waals surface area contributed by atoms with Crippen molar-refractivity contribution in [2.24, 2.45) is 0 Å². The van der Waals surface area contributed by atoms with E-state index < -0.39 is 0 Å². The molecule has 0 aliphatic heterocycles. The van der Waals surface area contributed by atoms with Crippen LogP contribution in [0.25, 0.3) is 33.5 Å². The van der Waals surface area contributed by atoms with Gasteiger partial charge < -0.3 is 4.52 Å². The Morgan fingerprint density at radius 3 is 2.50 bits per heavy atom. The van der Waals surface area contributed by atoms with Gasteiger partial charge in [-0.25, -0.2) is 9.97 Å². The molecule has 5 heteroatoms. The fraction of sp³-hybridized carbons (Fsp3) is 0. The molecular formula is C17H10ClN3O. The van der Waals surface area contributed by atoms with E-state index in [-0.39, 0.29) is 0 Å². The van der Waals surface area contributed by atoms with Gasteiger partial charge in [-0.2, -0.15) is 0 Å². The molecule has 0 saturated heterocycles. The normalized spacial score (nSPS) is 11.0. The number of rotatable bonds is 2. The summed E-state index contributed by atoms with van der Waals surface area (Å²) in [5, 5.41) is 5.74. The lowest BCUT2D eigenvalue weighted by Gasteiger charge is -2.01. The summed E-state index contributed by atoms with van der Waals surface area (Å²) in [4.78, 5) is 8.22. The summed E-state index contributed by atoms with van der Waals surface area (Å²) in [5.41, 5.74) is 3.60. The summed E-state index contributed by atoms with van der Waals surface area (Å²) in [5.74, 6) is 0.725. The molecule has 2 heterocycles. The van der Waals surface area contributed by atoms with Crippen LogP contribution in [0.4, 0.5) is 0 Å². The molecule has 0 radical (unpaired) electrons. The number of fused-ring (bicyclic) bond motifs is 1. The van der Waals surface area contributed by atoms with Crippen LogP contribution < -0.4 is 0 Å². The van der Waals surface area contributed by atoms with Crippen LogP contribution in [-0.2, 0) is 0 Å². The van der Waals surface area contributed by atoms with E-state index in [2.05, 4.69) is 15.1 Å². The Kier molecular flexibility index (Phi) is 3.09. The summed E-state index contributed by atoms with van der Waals surface area (Å²) in [6.45, 7) is 0. The third-order valence-corrected chi connectivity index (χ3v) is 3.71. The van der Waals surface area contributed by atoms with Gasteiger partial charge in [-0.3, -0.25) is 0 Å². The van der Waals surface area contributed by atoms with Crippen LogP contribution in [0.5, 0.6) is 0 Å². The van der Waals surface area contributed by atoms with E-state index in [1.165, 1.54) is 6.33 Å². The Balaban J connectivity index is 1.88. The van der Waals surface area contributed by atoms with Crippen molar-refractivity contribution in [3.63, 3.8) is 0 Å². The highest BCUT2D eigenvalue weighted by atomic mass is 35.5. The molecule has 106 valence electrons.